The number of nitrogens with zero attached hydrogens (tertiary/aromatic N) is 3. The van der Waals surface area contributed by atoms with Crippen molar-refractivity contribution in [2.24, 2.45) is 0 Å². The molecular formula is C16H20ClN5O2. The van der Waals surface area contributed by atoms with Gasteiger partial charge in [0.15, 0.2) is 11.6 Å². The number of hydrogen-bond donors (Lipinski definition) is 2. The van der Waals surface area contributed by atoms with E-state index in [2.05, 4.69) is 20.7 Å². The van der Waals surface area contributed by atoms with Crippen molar-refractivity contribution in [3.8, 4) is 5.75 Å². The van der Waals surface area contributed by atoms with Crippen molar-refractivity contribution in [2.45, 2.75) is 38.8 Å². The van der Waals surface area contributed by atoms with Crippen LogP contribution in [-0.2, 0) is 13.0 Å². The number of urea groups is 1. The van der Waals surface area contributed by atoms with Crippen molar-refractivity contribution >= 4 is 23.3 Å². The fourth-order valence-electron chi connectivity index (χ4n) is 2.82. The number of para-hydroxylation sites is 1. The molecule has 128 valence electrons. The number of methoxy groups -OCH3 is 1. The van der Waals surface area contributed by atoms with Crippen molar-refractivity contribution in [3.05, 3.63) is 34.9 Å². The Labute approximate surface area is 145 Å². The van der Waals surface area contributed by atoms with E-state index in [1.54, 1.807) is 18.2 Å². The summed E-state index contributed by atoms with van der Waals surface area (Å²) in [5.41, 5.74) is 0.522. The number of fused-ring (bicyclic) bond motifs is 1. The van der Waals surface area contributed by atoms with Crippen molar-refractivity contribution in [1.82, 2.24) is 20.1 Å². The molecule has 3 rings (SSSR count). The molecule has 0 saturated heterocycles. The second-order valence-corrected chi connectivity index (χ2v) is 5.98. The molecule has 0 spiro atoms. The minimum Gasteiger partial charge on any atom is -0.493 e. The van der Waals surface area contributed by atoms with E-state index in [1.165, 1.54) is 7.11 Å². The molecule has 0 aliphatic carbocycles. The van der Waals surface area contributed by atoms with E-state index < -0.39 is 0 Å². The molecule has 1 aliphatic rings. The first-order chi connectivity index (χ1) is 11.6. The molecule has 1 atom stereocenters. The van der Waals surface area contributed by atoms with E-state index in [4.69, 9.17) is 16.3 Å². The molecule has 2 N–H and O–H groups in total. The molecule has 24 heavy (non-hydrogen) atoms. The number of ether oxygens (including phenoxy) is 1. The molecule has 2 amide bonds. The van der Waals surface area contributed by atoms with Gasteiger partial charge < -0.3 is 15.4 Å². The number of hydrogen-bond acceptors (Lipinski definition) is 4. The van der Waals surface area contributed by atoms with Gasteiger partial charge in [-0.1, -0.05) is 24.6 Å². The minimum absolute atomic E-state index is 0.156. The van der Waals surface area contributed by atoms with Gasteiger partial charge in [-0.15, -0.1) is 0 Å². The maximum atomic E-state index is 12.4. The highest BCUT2D eigenvalue weighted by molar-refractivity contribution is 6.32. The van der Waals surface area contributed by atoms with Gasteiger partial charge in [0.05, 0.1) is 23.9 Å². The monoisotopic (exact) mass is 349 g/mol. The Bertz CT molecular complexity index is 746. The summed E-state index contributed by atoms with van der Waals surface area (Å²) in [5, 5.41) is 10.6. The number of nitrogens with one attached hydrogen (secondary N) is 2. The maximum absolute atomic E-state index is 12.4. The zero-order chi connectivity index (χ0) is 17.1. The van der Waals surface area contributed by atoms with E-state index in [0.29, 0.717) is 16.5 Å². The molecular weight excluding hydrogens is 330 g/mol. The number of benzene rings is 1. The van der Waals surface area contributed by atoms with Crippen LogP contribution in [0.4, 0.5) is 10.5 Å². The molecule has 7 nitrogen and oxygen atoms in total. The van der Waals surface area contributed by atoms with Crippen LogP contribution in [0.1, 0.15) is 37.5 Å². The van der Waals surface area contributed by atoms with Gasteiger partial charge >= 0.3 is 6.03 Å². The lowest BCUT2D eigenvalue weighted by atomic mass is 10.1. The topological polar surface area (TPSA) is 81.1 Å². The van der Waals surface area contributed by atoms with Gasteiger partial charge in [0.25, 0.3) is 0 Å². The number of carbonyl (C=O) groups is 1. The Balaban J connectivity index is 1.73. The molecule has 0 radical (unpaired) electrons. The SMILES string of the molecule is CCc1nc2n(n1)CCC[C@H]2NC(=O)Nc1cccc(Cl)c1OC. The van der Waals surface area contributed by atoms with Gasteiger partial charge in [-0.3, -0.25) is 0 Å². The molecule has 1 aromatic heterocycles. The van der Waals surface area contributed by atoms with Crippen LogP contribution in [0.15, 0.2) is 18.2 Å². The first-order valence-electron chi connectivity index (χ1n) is 7.96. The second kappa shape index (κ2) is 7.09. The van der Waals surface area contributed by atoms with E-state index in [9.17, 15) is 4.79 Å². The molecule has 1 aromatic carbocycles. The lowest BCUT2D eigenvalue weighted by Crippen LogP contribution is -2.36. The van der Waals surface area contributed by atoms with Gasteiger partial charge in [-0.25, -0.2) is 14.5 Å². The normalized spacial score (nSPS) is 16.4. The number of rotatable bonds is 4. The highest BCUT2D eigenvalue weighted by Crippen LogP contribution is 2.32. The third-order valence-electron chi connectivity index (χ3n) is 3.96. The molecule has 0 unspecified atom stereocenters. The van der Waals surface area contributed by atoms with Gasteiger partial charge in [-0.05, 0) is 25.0 Å². The Morgan fingerprint density at radius 3 is 3.08 bits per heavy atom. The number of aromatic nitrogens is 3. The average Bonchev–Trinajstić information content (AvgIpc) is 2.99. The van der Waals surface area contributed by atoms with Crippen molar-refractivity contribution in [3.63, 3.8) is 0 Å². The molecule has 0 saturated carbocycles. The zero-order valence-corrected chi connectivity index (χ0v) is 14.4. The van der Waals surface area contributed by atoms with Crippen LogP contribution in [0.2, 0.25) is 5.02 Å². The lowest BCUT2D eigenvalue weighted by molar-refractivity contribution is 0.244. The molecule has 8 heteroatoms. The summed E-state index contributed by atoms with van der Waals surface area (Å²) in [6, 6.07) is 4.72. The fraction of sp³-hybridized carbons (Fsp3) is 0.438. The van der Waals surface area contributed by atoms with E-state index in [-0.39, 0.29) is 12.1 Å². The van der Waals surface area contributed by atoms with Crippen LogP contribution < -0.4 is 15.4 Å². The number of halogens is 1. The first-order valence-corrected chi connectivity index (χ1v) is 8.33. The molecule has 2 heterocycles. The Morgan fingerprint density at radius 1 is 1.50 bits per heavy atom. The van der Waals surface area contributed by atoms with Gasteiger partial charge in [0.1, 0.15) is 5.82 Å². The molecule has 0 fully saturated rings. The number of anilines is 1. The second-order valence-electron chi connectivity index (χ2n) is 5.58. The average molecular weight is 350 g/mol. The van der Waals surface area contributed by atoms with Crippen LogP contribution in [0.25, 0.3) is 0 Å². The number of carbonyl (C=O) groups excluding carboxylic acids is 1. The number of aryl methyl sites for hydroxylation is 2. The van der Waals surface area contributed by atoms with Crippen molar-refractivity contribution < 1.29 is 9.53 Å². The smallest absolute Gasteiger partial charge is 0.319 e. The molecule has 1 aliphatic heterocycles. The summed E-state index contributed by atoms with van der Waals surface area (Å²) < 4.78 is 7.12. The highest BCUT2D eigenvalue weighted by atomic mass is 35.5. The van der Waals surface area contributed by atoms with Gasteiger partial charge in [-0.2, -0.15) is 5.10 Å². The minimum atomic E-state index is -0.324. The summed E-state index contributed by atoms with van der Waals surface area (Å²) >= 11 is 6.07. The summed E-state index contributed by atoms with van der Waals surface area (Å²) in [6.07, 6.45) is 2.56. The van der Waals surface area contributed by atoms with Crippen LogP contribution in [0.3, 0.4) is 0 Å². The van der Waals surface area contributed by atoms with E-state index in [1.807, 2.05) is 11.6 Å². The maximum Gasteiger partial charge on any atom is 0.319 e. The van der Waals surface area contributed by atoms with Crippen LogP contribution in [0.5, 0.6) is 5.75 Å². The van der Waals surface area contributed by atoms with Gasteiger partial charge in [0.2, 0.25) is 0 Å². The first kappa shape index (κ1) is 16.6. The fourth-order valence-corrected chi connectivity index (χ4v) is 3.07. The summed E-state index contributed by atoms with van der Waals surface area (Å²) in [6.45, 7) is 2.85. The van der Waals surface area contributed by atoms with Crippen molar-refractivity contribution in [2.75, 3.05) is 12.4 Å². The summed E-state index contributed by atoms with van der Waals surface area (Å²) in [7, 11) is 1.51. The summed E-state index contributed by atoms with van der Waals surface area (Å²) in [4.78, 5) is 16.9. The zero-order valence-electron chi connectivity index (χ0n) is 13.7. The van der Waals surface area contributed by atoms with Crippen LogP contribution >= 0.6 is 11.6 Å². The van der Waals surface area contributed by atoms with Crippen LogP contribution in [-0.4, -0.2) is 27.9 Å². The third-order valence-corrected chi connectivity index (χ3v) is 4.26. The quantitative estimate of drug-likeness (QED) is 0.888. The Kier molecular flexibility index (Phi) is 4.89. The number of amides is 2. The Hall–Kier alpha value is -2.28. The standard InChI is InChI=1S/C16H20ClN5O2/c1-3-13-20-15-12(8-5-9-22(15)21-13)19-16(23)18-11-7-4-6-10(17)14(11)24-2/h4,6-7,12H,3,5,8-9H2,1-2H3,(H2,18,19,23)/t12-/m1/s1. The lowest BCUT2D eigenvalue weighted by Gasteiger charge is -2.23. The van der Waals surface area contributed by atoms with Crippen molar-refractivity contribution in [1.29, 1.82) is 0 Å². The third kappa shape index (κ3) is 3.31. The van der Waals surface area contributed by atoms with Crippen LogP contribution in [0, 0.1) is 0 Å². The molecule has 0 bridgehead atoms. The predicted molar refractivity (Wildman–Crippen MR) is 91.5 cm³/mol. The largest absolute Gasteiger partial charge is 0.493 e. The van der Waals surface area contributed by atoms with Gasteiger partial charge in [0, 0.05) is 13.0 Å². The van der Waals surface area contributed by atoms with E-state index >= 15 is 0 Å². The van der Waals surface area contributed by atoms with E-state index in [0.717, 1.165) is 37.5 Å². The Morgan fingerprint density at radius 2 is 2.33 bits per heavy atom. The predicted octanol–water partition coefficient (Wildman–Crippen LogP) is 3.16. The summed E-state index contributed by atoms with van der Waals surface area (Å²) in [5.74, 6) is 2.05. The molecule has 2 aromatic rings. The highest BCUT2D eigenvalue weighted by Gasteiger charge is 2.25.